The minimum Gasteiger partial charge on any atom is -0.451 e. The molecule has 88 valence electrons. The second kappa shape index (κ2) is 4.61. The van der Waals surface area contributed by atoms with Crippen LogP contribution in [0, 0.1) is 5.41 Å². The second-order valence-electron chi connectivity index (χ2n) is 3.99. The SMILES string of the molecule is CCC(=O)O[C@@]1(CO)C=CC=C[C@]1(C)C=O. The van der Waals surface area contributed by atoms with E-state index < -0.39 is 23.6 Å². The van der Waals surface area contributed by atoms with Crippen LogP contribution in [0.3, 0.4) is 0 Å². The van der Waals surface area contributed by atoms with Gasteiger partial charge in [0.15, 0.2) is 5.60 Å². The van der Waals surface area contributed by atoms with Crippen LogP contribution < -0.4 is 0 Å². The number of aldehydes is 1. The summed E-state index contributed by atoms with van der Waals surface area (Å²) in [5.41, 5.74) is -2.31. The molecule has 4 heteroatoms. The van der Waals surface area contributed by atoms with Gasteiger partial charge in [-0.1, -0.05) is 25.2 Å². The Morgan fingerprint density at radius 1 is 1.44 bits per heavy atom. The smallest absolute Gasteiger partial charge is 0.306 e. The van der Waals surface area contributed by atoms with E-state index in [1.54, 1.807) is 38.2 Å². The Labute approximate surface area is 94.6 Å². The molecule has 4 nitrogen and oxygen atoms in total. The fourth-order valence-electron chi connectivity index (χ4n) is 1.60. The van der Waals surface area contributed by atoms with E-state index in [-0.39, 0.29) is 6.42 Å². The minimum absolute atomic E-state index is 0.203. The topological polar surface area (TPSA) is 63.6 Å². The van der Waals surface area contributed by atoms with Gasteiger partial charge in [0.2, 0.25) is 0 Å². The molecule has 0 aromatic heterocycles. The molecule has 0 fully saturated rings. The number of ether oxygens (including phenoxy) is 1. The molecule has 0 aliphatic heterocycles. The summed E-state index contributed by atoms with van der Waals surface area (Å²) in [6.07, 6.45) is 7.42. The Balaban J connectivity index is 3.09. The van der Waals surface area contributed by atoms with Crippen LogP contribution in [-0.4, -0.2) is 29.6 Å². The molecule has 1 N–H and O–H groups in total. The number of rotatable bonds is 4. The van der Waals surface area contributed by atoms with Gasteiger partial charge in [-0.3, -0.25) is 4.79 Å². The van der Waals surface area contributed by atoms with Crippen molar-refractivity contribution >= 4 is 12.3 Å². The molecule has 0 unspecified atom stereocenters. The van der Waals surface area contributed by atoms with Gasteiger partial charge in [0.05, 0.1) is 12.0 Å². The second-order valence-corrected chi connectivity index (χ2v) is 3.99. The third-order valence-electron chi connectivity index (χ3n) is 2.90. The number of carbonyl (C=O) groups excluding carboxylic acids is 2. The molecule has 1 aliphatic rings. The maximum absolute atomic E-state index is 11.3. The van der Waals surface area contributed by atoms with Crippen LogP contribution in [0.2, 0.25) is 0 Å². The first-order valence-electron chi connectivity index (χ1n) is 5.19. The maximum Gasteiger partial charge on any atom is 0.306 e. The quantitative estimate of drug-likeness (QED) is 0.571. The van der Waals surface area contributed by atoms with Gasteiger partial charge in [-0.15, -0.1) is 0 Å². The van der Waals surface area contributed by atoms with Crippen molar-refractivity contribution in [3.63, 3.8) is 0 Å². The van der Waals surface area contributed by atoms with E-state index in [4.69, 9.17) is 4.74 Å². The van der Waals surface area contributed by atoms with E-state index in [0.29, 0.717) is 6.29 Å². The molecule has 0 heterocycles. The van der Waals surface area contributed by atoms with Gasteiger partial charge in [-0.2, -0.15) is 0 Å². The van der Waals surface area contributed by atoms with E-state index in [1.807, 2.05) is 0 Å². The third-order valence-corrected chi connectivity index (χ3v) is 2.90. The van der Waals surface area contributed by atoms with Crippen molar-refractivity contribution in [1.82, 2.24) is 0 Å². The summed E-state index contributed by atoms with van der Waals surface area (Å²) in [4.78, 5) is 22.5. The van der Waals surface area contributed by atoms with Crippen LogP contribution >= 0.6 is 0 Å². The molecule has 0 saturated heterocycles. The van der Waals surface area contributed by atoms with E-state index >= 15 is 0 Å². The Hall–Kier alpha value is -1.42. The molecule has 1 rings (SSSR count). The number of esters is 1. The minimum atomic E-state index is -1.28. The Morgan fingerprint density at radius 2 is 2.06 bits per heavy atom. The first kappa shape index (κ1) is 12.6. The van der Waals surface area contributed by atoms with Gasteiger partial charge < -0.3 is 14.6 Å². The molecule has 0 aromatic carbocycles. The number of aliphatic hydroxyl groups is 1. The van der Waals surface area contributed by atoms with Crippen molar-refractivity contribution in [3.05, 3.63) is 24.3 Å². The maximum atomic E-state index is 11.3. The zero-order valence-electron chi connectivity index (χ0n) is 9.47. The van der Waals surface area contributed by atoms with Gasteiger partial charge in [0.1, 0.15) is 6.29 Å². The first-order valence-corrected chi connectivity index (χ1v) is 5.19. The summed E-state index contributed by atoms with van der Waals surface area (Å²) in [5.74, 6) is -0.443. The molecule has 2 atom stereocenters. The zero-order chi connectivity index (χ0) is 12.2. The summed E-state index contributed by atoms with van der Waals surface area (Å²) < 4.78 is 5.23. The van der Waals surface area contributed by atoms with E-state index in [2.05, 4.69) is 0 Å². The molecule has 1 aliphatic carbocycles. The van der Waals surface area contributed by atoms with Crippen molar-refractivity contribution < 1.29 is 19.4 Å². The average Bonchev–Trinajstić information content (AvgIpc) is 2.32. The van der Waals surface area contributed by atoms with Crippen LogP contribution in [0.15, 0.2) is 24.3 Å². The summed E-state index contributed by atoms with van der Waals surface area (Å²) in [6.45, 7) is 2.86. The fourth-order valence-corrected chi connectivity index (χ4v) is 1.60. The van der Waals surface area contributed by atoms with E-state index in [1.165, 1.54) is 0 Å². The lowest BCUT2D eigenvalue weighted by Crippen LogP contribution is -2.52. The number of hydrogen-bond acceptors (Lipinski definition) is 4. The van der Waals surface area contributed by atoms with Crippen molar-refractivity contribution in [2.24, 2.45) is 5.41 Å². The monoisotopic (exact) mass is 224 g/mol. The zero-order valence-corrected chi connectivity index (χ0v) is 9.47. The third kappa shape index (κ3) is 1.93. The normalized spacial score (nSPS) is 32.4. The van der Waals surface area contributed by atoms with Gasteiger partial charge in [0.25, 0.3) is 0 Å². The van der Waals surface area contributed by atoms with Gasteiger partial charge in [-0.25, -0.2) is 0 Å². The standard InChI is InChI=1S/C12H16O4/c1-3-10(15)16-12(9-14)7-5-4-6-11(12,2)8-13/h4-8,14H,3,9H2,1-2H3/t11-,12-/m1/s1. The largest absolute Gasteiger partial charge is 0.451 e. The van der Waals surface area contributed by atoms with Crippen LogP contribution in [0.5, 0.6) is 0 Å². The number of aliphatic hydroxyl groups excluding tert-OH is 1. The summed E-state index contributed by atoms with van der Waals surface area (Å²) in [5, 5.41) is 9.43. The number of carbonyl (C=O) groups is 2. The van der Waals surface area contributed by atoms with Gasteiger partial charge in [-0.05, 0) is 13.0 Å². The van der Waals surface area contributed by atoms with Crippen LogP contribution in [0.25, 0.3) is 0 Å². The highest BCUT2D eigenvalue weighted by Gasteiger charge is 2.49. The molecular formula is C12H16O4. The van der Waals surface area contributed by atoms with Gasteiger partial charge in [0, 0.05) is 6.42 Å². The Bertz CT molecular complexity index is 345. The Morgan fingerprint density at radius 3 is 2.56 bits per heavy atom. The predicted octanol–water partition coefficient (Wildman–Crippen LogP) is 1.00. The highest BCUT2D eigenvalue weighted by atomic mass is 16.6. The molecule has 0 spiro atoms. The molecule has 0 bridgehead atoms. The molecule has 16 heavy (non-hydrogen) atoms. The highest BCUT2D eigenvalue weighted by molar-refractivity contribution is 5.73. The number of hydrogen-bond donors (Lipinski definition) is 1. The summed E-state index contributed by atoms with van der Waals surface area (Å²) in [7, 11) is 0. The van der Waals surface area contributed by atoms with E-state index in [0.717, 1.165) is 0 Å². The molecular weight excluding hydrogens is 208 g/mol. The highest BCUT2D eigenvalue weighted by Crippen LogP contribution is 2.38. The lowest BCUT2D eigenvalue weighted by Gasteiger charge is -2.41. The van der Waals surface area contributed by atoms with Crippen LogP contribution in [0.1, 0.15) is 20.3 Å². The molecule has 0 radical (unpaired) electrons. The lowest BCUT2D eigenvalue weighted by molar-refractivity contribution is -0.169. The summed E-state index contributed by atoms with van der Waals surface area (Å²) >= 11 is 0. The Kier molecular flexibility index (Phi) is 3.65. The first-order chi connectivity index (χ1) is 7.53. The summed E-state index contributed by atoms with van der Waals surface area (Å²) in [6, 6.07) is 0. The van der Waals surface area contributed by atoms with Crippen molar-refractivity contribution in [2.75, 3.05) is 6.61 Å². The molecule has 0 aromatic rings. The van der Waals surface area contributed by atoms with Crippen molar-refractivity contribution in [3.8, 4) is 0 Å². The van der Waals surface area contributed by atoms with Crippen molar-refractivity contribution in [1.29, 1.82) is 0 Å². The fraction of sp³-hybridized carbons (Fsp3) is 0.500. The predicted molar refractivity (Wildman–Crippen MR) is 58.7 cm³/mol. The molecule has 0 amide bonds. The van der Waals surface area contributed by atoms with Crippen LogP contribution in [-0.2, 0) is 14.3 Å². The van der Waals surface area contributed by atoms with Crippen LogP contribution in [0.4, 0.5) is 0 Å². The van der Waals surface area contributed by atoms with Gasteiger partial charge >= 0.3 is 5.97 Å². The van der Waals surface area contributed by atoms with E-state index in [9.17, 15) is 14.7 Å². The number of allylic oxidation sites excluding steroid dienone is 2. The van der Waals surface area contributed by atoms with Crippen molar-refractivity contribution in [2.45, 2.75) is 25.9 Å². The average molecular weight is 224 g/mol. The lowest BCUT2D eigenvalue weighted by atomic mass is 9.72. The molecule has 0 saturated carbocycles.